The first-order chi connectivity index (χ1) is 15.0. The SMILES string of the molecule is Cc1ccc(CN[C@H]2C[C@H]3C(=O)N[C@@H](Cc4c[nH]c5ccccc45)C(=O)N3C2)c(C)c1. The van der Waals surface area contributed by atoms with Crippen molar-refractivity contribution in [1.29, 1.82) is 0 Å². The minimum atomic E-state index is -0.513. The lowest BCUT2D eigenvalue weighted by Gasteiger charge is -2.34. The fourth-order valence-corrected chi connectivity index (χ4v) is 4.96. The van der Waals surface area contributed by atoms with Crippen LogP contribution in [-0.2, 0) is 22.6 Å². The topological polar surface area (TPSA) is 77.2 Å². The van der Waals surface area contributed by atoms with Crippen molar-refractivity contribution < 1.29 is 9.59 Å². The molecule has 3 heterocycles. The highest BCUT2D eigenvalue weighted by molar-refractivity contribution is 5.98. The molecule has 0 unspecified atom stereocenters. The van der Waals surface area contributed by atoms with Crippen LogP contribution in [-0.4, -0.2) is 46.4 Å². The molecule has 2 amide bonds. The maximum atomic E-state index is 13.2. The molecule has 31 heavy (non-hydrogen) atoms. The maximum absolute atomic E-state index is 13.2. The Morgan fingerprint density at radius 1 is 1.10 bits per heavy atom. The van der Waals surface area contributed by atoms with E-state index in [1.165, 1.54) is 16.7 Å². The summed E-state index contributed by atoms with van der Waals surface area (Å²) < 4.78 is 0. The maximum Gasteiger partial charge on any atom is 0.246 e. The zero-order chi connectivity index (χ0) is 21.5. The van der Waals surface area contributed by atoms with Crippen LogP contribution in [0.2, 0.25) is 0 Å². The summed E-state index contributed by atoms with van der Waals surface area (Å²) in [7, 11) is 0. The Kier molecular flexibility index (Phi) is 5.02. The van der Waals surface area contributed by atoms with E-state index in [1.807, 2.05) is 30.5 Å². The molecule has 0 bridgehead atoms. The number of amides is 2. The van der Waals surface area contributed by atoms with Crippen molar-refractivity contribution in [2.24, 2.45) is 0 Å². The van der Waals surface area contributed by atoms with Gasteiger partial charge in [0, 0.05) is 42.7 Å². The number of aryl methyl sites for hydroxylation is 2. The molecule has 6 heteroatoms. The van der Waals surface area contributed by atoms with Crippen molar-refractivity contribution >= 4 is 22.7 Å². The molecule has 5 rings (SSSR count). The molecule has 3 N–H and O–H groups in total. The number of fused-ring (bicyclic) bond motifs is 2. The van der Waals surface area contributed by atoms with Gasteiger partial charge in [-0.15, -0.1) is 0 Å². The molecular weight excluding hydrogens is 388 g/mol. The van der Waals surface area contributed by atoms with E-state index in [2.05, 4.69) is 47.7 Å². The Balaban J connectivity index is 1.26. The highest BCUT2D eigenvalue weighted by Crippen LogP contribution is 2.26. The molecule has 0 aliphatic carbocycles. The monoisotopic (exact) mass is 416 g/mol. The molecule has 3 aromatic rings. The Labute approximate surface area is 182 Å². The third-order valence-electron chi connectivity index (χ3n) is 6.68. The second-order valence-corrected chi connectivity index (χ2v) is 8.87. The molecule has 1 aromatic heterocycles. The fourth-order valence-electron chi connectivity index (χ4n) is 4.96. The third-order valence-corrected chi connectivity index (χ3v) is 6.68. The zero-order valence-electron chi connectivity index (χ0n) is 17.9. The summed E-state index contributed by atoms with van der Waals surface area (Å²) in [5, 5.41) is 7.64. The number of nitrogens with zero attached hydrogens (tertiary/aromatic N) is 1. The van der Waals surface area contributed by atoms with Gasteiger partial charge in [0.1, 0.15) is 12.1 Å². The third kappa shape index (κ3) is 3.72. The highest BCUT2D eigenvalue weighted by atomic mass is 16.2. The van der Waals surface area contributed by atoms with E-state index < -0.39 is 6.04 Å². The number of piperazine rings is 1. The van der Waals surface area contributed by atoms with Crippen molar-refractivity contribution in [3.63, 3.8) is 0 Å². The Bertz CT molecular complexity index is 1150. The Hall–Kier alpha value is -3.12. The van der Waals surface area contributed by atoms with Gasteiger partial charge in [-0.3, -0.25) is 9.59 Å². The van der Waals surface area contributed by atoms with E-state index in [1.54, 1.807) is 4.90 Å². The van der Waals surface area contributed by atoms with Crippen molar-refractivity contribution in [2.45, 2.75) is 51.4 Å². The number of carbonyl (C=O) groups excluding carboxylic acids is 2. The number of hydrogen-bond donors (Lipinski definition) is 3. The van der Waals surface area contributed by atoms with Crippen LogP contribution in [0.3, 0.4) is 0 Å². The number of rotatable bonds is 5. The van der Waals surface area contributed by atoms with Gasteiger partial charge >= 0.3 is 0 Å². The summed E-state index contributed by atoms with van der Waals surface area (Å²) in [5.41, 5.74) is 5.86. The summed E-state index contributed by atoms with van der Waals surface area (Å²) in [6.45, 7) is 5.53. The number of hydrogen-bond acceptors (Lipinski definition) is 3. The first kappa shape index (κ1) is 19.8. The number of H-pyrrole nitrogens is 1. The highest BCUT2D eigenvalue weighted by Gasteiger charge is 2.46. The normalized spacial score (nSPS) is 23.3. The van der Waals surface area contributed by atoms with Crippen molar-refractivity contribution in [1.82, 2.24) is 20.5 Å². The number of nitrogens with one attached hydrogen (secondary N) is 3. The molecule has 2 aromatic carbocycles. The minimum Gasteiger partial charge on any atom is -0.361 e. The van der Waals surface area contributed by atoms with Crippen LogP contribution >= 0.6 is 0 Å². The van der Waals surface area contributed by atoms with E-state index >= 15 is 0 Å². The van der Waals surface area contributed by atoms with E-state index in [-0.39, 0.29) is 23.9 Å². The van der Waals surface area contributed by atoms with Gasteiger partial charge in [-0.2, -0.15) is 0 Å². The summed E-state index contributed by atoms with van der Waals surface area (Å²) >= 11 is 0. The van der Waals surface area contributed by atoms with Crippen LogP contribution in [0, 0.1) is 13.8 Å². The number of aromatic nitrogens is 1. The fraction of sp³-hybridized carbons (Fsp3) is 0.360. The van der Waals surface area contributed by atoms with Gasteiger partial charge in [0.05, 0.1) is 0 Å². The molecule has 2 fully saturated rings. The van der Waals surface area contributed by atoms with Crippen LogP contribution in [0.15, 0.2) is 48.7 Å². The van der Waals surface area contributed by atoms with Gasteiger partial charge in [0.15, 0.2) is 0 Å². The van der Waals surface area contributed by atoms with Crippen molar-refractivity contribution in [3.8, 4) is 0 Å². The number of carbonyl (C=O) groups is 2. The Morgan fingerprint density at radius 3 is 2.77 bits per heavy atom. The number of para-hydroxylation sites is 1. The average molecular weight is 417 g/mol. The number of aromatic amines is 1. The van der Waals surface area contributed by atoms with Crippen LogP contribution in [0.4, 0.5) is 0 Å². The molecule has 0 saturated carbocycles. The predicted octanol–water partition coefficient (Wildman–Crippen LogP) is 2.58. The smallest absolute Gasteiger partial charge is 0.246 e. The van der Waals surface area contributed by atoms with Gasteiger partial charge in [0.25, 0.3) is 0 Å². The molecule has 3 atom stereocenters. The molecule has 2 saturated heterocycles. The van der Waals surface area contributed by atoms with Crippen molar-refractivity contribution in [2.75, 3.05) is 6.54 Å². The van der Waals surface area contributed by atoms with Crippen LogP contribution in [0.25, 0.3) is 10.9 Å². The lowest BCUT2D eigenvalue weighted by molar-refractivity contribution is -0.146. The van der Waals surface area contributed by atoms with Gasteiger partial charge in [-0.25, -0.2) is 0 Å². The van der Waals surface area contributed by atoms with Gasteiger partial charge < -0.3 is 20.5 Å². The molecule has 6 nitrogen and oxygen atoms in total. The van der Waals surface area contributed by atoms with Gasteiger partial charge in [0.2, 0.25) is 11.8 Å². The average Bonchev–Trinajstić information content (AvgIpc) is 3.36. The Morgan fingerprint density at radius 2 is 1.94 bits per heavy atom. The van der Waals surface area contributed by atoms with E-state index in [0.717, 1.165) is 23.0 Å². The molecule has 2 aliphatic heterocycles. The van der Waals surface area contributed by atoms with Crippen LogP contribution in [0.1, 0.15) is 28.7 Å². The molecular formula is C25H28N4O2. The first-order valence-electron chi connectivity index (χ1n) is 10.9. The summed E-state index contributed by atoms with van der Waals surface area (Å²) in [5.74, 6) is -0.0223. The van der Waals surface area contributed by atoms with Crippen molar-refractivity contribution in [3.05, 3.63) is 70.9 Å². The van der Waals surface area contributed by atoms with E-state index in [4.69, 9.17) is 0 Å². The first-order valence-corrected chi connectivity index (χ1v) is 10.9. The van der Waals surface area contributed by atoms with Crippen LogP contribution in [0.5, 0.6) is 0 Å². The molecule has 160 valence electrons. The summed E-state index contributed by atoms with van der Waals surface area (Å²) in [4.78, 5) is 31.0. The van der Waals surface area contributed by atoms with Crippen LogP contribution < -0.4 is 10.6 Å². The standard InChI is InChI=1S/C25H28N4O2/c1-15-7-8-17(16(2)9-15)12-26-19-11-23-24(30)28-22(25(31)29(23)14-19)10-18-13-27-21-6-4-3-5-20(18)21/h3-9,13,19,22-23,26-27H,10-12,14H2,1-2H3,(H,28,30)/t19-,22-,23-/m0/s1. The largest absolute Gasteiger partial charge is 0.361 e. The lowest BCUT2D eigenvalue weighted by Crippen LogP contribution is -2.61. The second kappa shape index (κ2) is 7.85. The molecule has 0 radical (unpaired) electrons. The van der Waals surface area contributed by atoms with E-state index in [0.29, 0.717) is 19.4 Å². The molecule has 2 aliphatic rings. The second-order valence-electron chi connectivity index (χ2n) is 8.87. The molecule has 0 spiro atoms. The van der Waals surface area contributed by atoms with E-state index in [9.17, 15) is 9.59 Å². The van der Waals surface area contributed by atoms with Gasteiger partial charge in [-0.05, 0) is 43.0 Å². The minimum absolute atomic E-state index is 0.0192. The number of benzene rings is 2. The zero-order valence-corrected chi connectivity index (χ0v) is 17.9. The lowest BCUT2D eigenvalue weighted by atomic mass is 10.0. The summed E-state index contributed by atoms with van der Waals surface area (Å²) in [6, 6.07) is 13.7. The van der Waals surface area contributed by atoms with Gasteiger partial charge in [-0.1, -0.05) is 42.0 Å². The predicted molar refractivity (Wildman–Crippen MR) is 121 cm³/mol. The quantitative estimate of drug-likeness (QED) is 0.598. The summed E-state index contributed by atoms with van der Waals surface area (Å²) in [6.07, 6.45) is 3.09.